The number of hydrogen-bond donors (Lipinski definition) is 2. The van der Waals surface area contributed by atoms with Gasteiger partial charge >= 0.3 is 0 Å². The van der Waals surface area contributed by atoms with Gasteiger partial charge in [-0.05, 0) is 60.3 Å². The van der Waals surface area contributed by atoms with Gasteiger partial charge < -0.3 is 10.2 Å². The quantitative estimate of drug-likeness (QED) is 0.862. The minimum Gasteiger partial charge on any atom is -0.508 e. The van der Waals surface area contributed by atoms with Gasteiger partial charge in [-0.2, -0.15) is 0 Å². The highest BCUT2D eigenvalue weighted by atomic mass is 16.3. The monoisotopic (exact) mass is 296 g/mol. The molecule has 2 nitrogen and oxygen atoms in total. The van der Waals surface area contributed by atoms with Crippen LogP contribution in [0.3, 0.4) is 0 Å². The van der Waals surface area contributed by atoms with Crippen molar-refractivity contribution in [3.8, 4) is 5.75 Å². The van der Waals surface area contributed by atoms with Crippen molar-refractivity contribution in [2.45, 2.75) is 38.2 Å². The molecule has 4 atom stereocenters. The summed E-state index contributed by atoms with van der Waals surface area (Å²) in [4.78, 5) is 0. The second-order valence-electron chi connectivity index (χ2n) is 6.58. The molecule has 0 aromatic heterocycles. The van der Waals surface area contributed by atoms with E-state index in [1.807, 2.05) is 12.1 Å². The largest absolute Gasteiger partial charge is 0.508 e. The smallest absolute Gasteiger partial charge is 0.115 e. The molecule has 2 heteroatoms. The van der Waals surface area contributed by atoms with Gasteiger partial charge in [0.05, 0.1) is 6.10 Å². The molecule has 3 rings (SSSR count). The van der Waals surface area contributed by atoms with Crippen molar-refractivity contribution < 1.29 is 10.2 Å². The first-order valence-corrected chi connectivity index (χ1v) is 8.17. The number of phenolic OH excluding ortho intramolecular Hbond substituents is 1. The van der Waals surface area contributed by atoms with Crippen molar-refractivity contribution in [3.63, 3.8) is 0 Å². The van der Waals surface area contributed by atoms with E-state index in [1.54, 1.807) is 12.1 Å². The fourth-order valence-electron chi connectivity index (χ4n) is 3.75. The zero-order chi connectivity index (χ0) is 15.5. The second-order valence-corrected chi connectivity index (χ2v) is 6.58. The van der Waals surface area contributed by atoms with Crippen LogP contribution in [0.25, 0.3) is 0 Å². The molecule has 0 saturated heterocycles. The van der Waals surface area contributed by atoms with E-state index in [-0.39, 0.29) is 11.7 Å². The van der Waals surface area contributed by atoms with Crippen molar-refractivity contribution in [1.82, 2.24) is 0 Å². The summed E-state index contributed by atoms with van der Waals surface area (Å²) in [6.45, 7) is 2.15. The molecular weight excluding hydrogens is 272 g/mol. The zero-order valence-electron chi connectivity index (χ0n) is 13.0. The molecule has 0 bridgehead atoms. The number of phenols is 1. The Bertz CT molecular complexity index is 591. The van der Waals surface area contributed by atoms with Gasteiger partial charge in [0.15, 0.2) is 0 Å². The van der Waals surface area contributed by atoms with Crippen LogP contribution < -0.4 is 0 Å². The molecule has 0 radical (unpaired) electrons. The van der Waals surface area contributed by atoms with Gasteiger partial charge in [0, 0.05) is 0 Å². The zero-order valence-corrected chi connectivity index (χ0v) is 13.0. The lowest BCUT2D eigenvalue weighted by atomic mass is 9.83. The molecule has 1 saturated carbocycles. The van der Waals surface area contributed by atoms with Gasteiger partial charge in [-0.25, -0.2) is 0 Å². The molecule has 0 heterocycles. The van der Waals surface area contributed by atoms with E-state index >= 15 is 0 Å². The van der Waals surface area contributed by atoms with Gasteiger partial charge in [-0.15, -0.1) is 0 Å². The lowest BCUT2D eigenvalue weighted by Crippen LogP contribution is -2.17. The summed E-state index contributed by atoms with van der Waals surface area (Å²) in [7, 11) is 0. The van der Waals surface area contributed by atoms with Crippen molar-refractivity contribution in [2.24, 2.45) is 11.8 Å². The van der Waals surface area contributed by atoms with Gasteiger partial charge in [-0.1, -0.05) is 49.4 Å². The Balaban J connectivity index is 1.66. The van der Waals surface area contributed by atoms with Crippen LogP contribution in [0.4, 0.5) is 0 Å². The topological polar surface area (TPSA) is 40.5 Å². The van der Waals surface area contributed by atoms with Crippen molar-refractivity contribution >= 4 is 0 Å². The minimum absolute atomic E-state index is 0.234. The van der Waals surface area contributed by atoms with Crippen LogP contribution in [0, 0.1) is 11.8 Å². The summed E-state index contributed by atoms with van der Waals surface area (Å²) in [5.41, 5.74) is 2.32. The third kappa shape index (κ3) is 3.17. The van der Waals surface area contributed by atoms with Crippen LogP contribution in [0.2, 0.25) is 0 Å². The highest BCUT2D eigenvalue weighted by Gasteiger charge is 2.33. The summed E-state index contributed by atoms with van der Waals surface area (Å²) in [5.74, 6) is 1.65. The Hall–Kier alpha value is -1.80. The van der Waals surface area contributed by atoms with E-state index in [9.17, 15) is 10.2 Å². The van der Waals surface area contributed by atoms with E-state index in [1.165, 1.54) is 18.4 Å². The van der Waals surface area contributed by atoms with E-state index in [4.69, 9.17) is 0 Å². The van der Waals surface area contributed by atoms with Gasteiger partial charge in [-0.3, -0.25) is 0 Å². The normalized spacial score (nSPS) is 24.1. The fourth-order valence-corrected chi connectivity index (χ4v) is 3.75. The van der Waals surface area contributed by atoms with Crippen molar-refractivity contribution in [1.29, 1.82) is 0 Å². The van der Waals surface area contributed by atoms with Gasteiger partial charge in [0.1, 0.15) is 5.75 Å². The number of benzene rings is 2. The fraction of sp³-hybridized carbons (Fsp3) is 0.400. The summed E-state index contributed by atoms with van der Waals surface area (Å²) in [6, 6.07) is 17.6. The Morgan fingerprint density at radius 2 is 1.64 bits per heavy atom. The first-order valence-electron chi connectivity index (χ1n) is 8.17. The maximum atomic E-state index is 10.6. The first-order chi connectivity index (χ1) is 10.6. The van der Waals surface area contributed by atoms with Crippen LogP contribution in [-0.2, 0) is 0 Å². The standard InChI is InChI=1S/C20H24O2/c1-14(20(22)16-9-11-19(21)12-10-16)17-7-8-18(13-17)15-5-3-2-4-6-15/h2-6,9-12,14,17-18,20-22H,7-8,13H2,1H3. The highest BCUT2D eigenvalue weighted by Crippen LogP contribution is 2.44. The third-order valence-electron chi connectivity index (χ3n) is 5.22. The molecule has 22 heavy (non-hydrogen) atoms. The number of aliphatic hydroxyl groups is 1. The average Bonchev–Trinajstić information content (AvgIpc) is 3.05. The summed E-state index contributed by atoms with van der Waals surface area (Å²) < 4.78 is 0. The van der Waals surface area contributed by atoms with Crippen LogP contribution >= 0.6 is 0 Å². The van der Waals surface area contributed by atoms with E-state index in [0.29, 0.717) is 11.8 Å². The first kappa shape index (κ1) is 15.1. The summed E-state index contributed by atoms with van der Waals surface area (Å²) in [5, 5.41) is 20.0. The molecule has 2 N–H and O–H groups in total. The van der Waals surface area contributed by atoms with Crippen molar-refractivity contribution in [3.05, 3.63) is 65.7 Å². The van der Waals surface area contributed by atoms with Gasteiger partial charge in [0.2, 0.25) is 0 Å². The number of aliphatic hydroxyl groups excluding tert-OH is 1. The summed E-state index contributed by atoms with van der Waals surface area (Å²) >= 11 is 0. The van der Waals surface area contributed by atoms with E-state index < -0.39 is 6.10 Å². The molecule has 116 valence electrons. The predicted molar refractivity (Wildman–Crippen MR) is 88.8 cm³/mol. The van der Waals surface area contributed by atoms with Crippen molar-refractivity contribution in [2.75, 3.05) is 0 Å². The molecule has 0 amide bonds. The average molecular weight is 296 g/mol. The Kier molecular flexibility index (Phi) is 4.49. The van der Waals surface area contributed by atoms with E-state index in [2.05, 4.69) is 37.3 Å². The number of aromatic hydroxyl groups is 1. The van der Waals surface area contributed by atoms with Gasteiger partial charge in [0.25, 0.3) is 0 Å². The SMILES string of the molecule is CC(C1CCC(c2ccccc2)C1)C(O)c1ccc(O)cc1. The maximum Gasteiger partial charge on any atom is 0.115 e. The molecule has 2 aromatic carbocycles. The lowest BCUT2D eigenvalue weighted by molar-refractivity contribution is 0.0833. The molecule has 2 aromatic rings. The van der Waals surface area contributed by atoms with Crippen LogP contribution in [0.1, 0.15) is 49.3 Å². The van der Waals surface area contributed by atoms with Crippen LogP contribution in [0.5, 0.6) is 5.75 Å². The summed E-state index contributed by atoms with van der Waals surface area (Å²) in [6.07, 6.45) is 3.08. The molecule has 0 aliphatic heterocycles. The number of hydrogen-bond acceptors (Lipinski definition) is 2. The molecule has 1 fully saturated rings. The Labute approximate surface area is 132 Å². The highest BCUT2D eigenvalue weighted by molar-refractivity contribution is 5.28. The number of rotatable bonds is 4. The third-order valence-corrected chi connectivity index (χ3v) is 5.22. The minimum atomic E-state index is -0.458. The second kappa shape index (κ2) is 6.53. The predicted octanol–water partition coefficient (Wildman–Crippen LogP) is 4.65. The Morgan fingerprint density at radius 1 is 0.955 bits per heavy atom. The molecular formula is C20H24O2. The maximum absolute atomic E-state index is 10.6. The van der Waals surface area contributed by atoms with E-state index in [0.717, 1.165) is 12.0 Å². The molecule has 1 aliphatic carbocycles. The molecule has 4 unspecified atom stereocenters. The van der Waals surface area contributed by atoms with Crippen LogP contribution in [-0.4, -0.2) is 10.2 Å². The lowest BCUT2D eigenvalue weighted by Gasteiger charge is -2.25. The Morgan fingerprint density at radius 3 is 2.32 bits per heavy atom. The van der Waals surface area contributed by atoms with Crippen LogP contribution in [0.15, 0.2) is 54.6 Å². The molecule has 1 aliphatic rings. The molecule has 0 spiro atoms.